The zero-order chi connectivity index (χ0) is 20.2. The first-order valence-corrected chi connectivity index (χ1v) is 10.1. The van der Waals surface area contributed by atoms with Gasteiger partial charge in [-0.3, -0.25) is 0 Å². The Balaban J connectivity index is 1.57. The molecule has 3 aromatic rings. The Labute approximate surface area is 172 Å². The van der Waals surface area contributed by atoms with Gasteiger partial charge in [0.25, 0.3) is 0 Å². The van der Waals surface area contributed by atoms with Crippen LogP contribution in [0.2, 0.25) is 0 Å². The fourth-order valence-corrected chi connectivity index (χ4v) is 3.80. The molecule has 1 fully saturated rings. The van der Waals surface area contributed by atoms with Gasteiger partial charge in [0.15, 0.2) is 0 Å². The monoisotopic (exact) mass is 385 g/mol. The second-order valence-corrected chi connectivity index (χ2v) is 7.26. The van der Waals surface area contributed by atoms with E-state index < -0.39 is 0 Å². The molecule has 2 heterocycles. The van der Waals surface area contributed by atoms with Crippen LogP contribution < -0.4 is 10.2 Å². The molecule has 0 unspecified atom stereocenters. The molecule has 0 spiro atoms. The first-order valence-electron chi connectivity index (χ1n) is 10.1. The fraction of sp³-hybridized carbons (Fsp3) is 0.250. The van der Waals surface area contributed by atoms with Gasteiger partial charge in [0.2, 0.25) is 0 Å². The summed E-state index contributed by atoms with van der Waals surface area (Å²) in [4.78, 5) is 7.24. The summed E-state index contributed by atoms with van der Waals surface area (Å²) in [5.74, 6) is 0.801. The summed E-state index contributed by atoms with van der Waals surface area (Å²) in [6.45, 7) is 10.4. The van der Waals surface area contributed by atoms with Crippen molar-refractivity contribution in [1.29, 1.82) is 0 Å². The van der Waals surface area contributed by atoms with Crippen molar-refractivity contribution >= 4 is 28.1 Å². The summed E-state index contributed by atoms with van der Waals surface area (Å²) in [5.41, 5.74) is 4.91. The minimum atomic E-state index is 0.773. The molecule has 5 heteroatoms. The predicted molar refractivity (Wildman–Crippen MR) is 123 cm³/mol. The average Bonchev–Trinajstić information content (AvgIpc) is 3.42. The highest BCUT2D eigenvalue weighted by molar-refractivity contribution is 5.93. The molecule has 1 N–H and O–H groups in total. The first kappa shape index (κ1) is 19.0. The van der Waals surface area contributed by atoms with Crippen LogP contribution in [-0.4, -0.2) is 28.7 Å². The minimum absolute atomic E-state index is 0.773. The van der Waals surface area contributed by atoms with Gasteiger partial charge in [0, 0.05) is 18.5 Å². The second kappa shape index (κ2) is 8.35. The van der Waals surface area contributed by atoms with Crippen LogP contribution in [-0.2, 0) is 0 Å². The number of aromatic nitrogens is 2. The number of para-hydroxylation sites is 3. The maximum atomic E-state index is 4.81. The number of anilines is 2. The fourth-order valence-electron chi connectivity index (χ4n) is 3.80. The standard InChI is InChI=1S/C24H27N5/c1-4-21(27-19(3)29-23-13-7-5-11-20(23)17-25-29)18(2)26-22-12-6-8-14-24(22)28-15-9-10-16-28/h4-8,11-14,17,26H,2,9-10,15-16H2,1,3H3/b21-4-,27-19?. The molecule has 148 valence electrons. The molecule has 1 aliphatic rings. The third kappa shape index (κ3) is 3.94. The molecular formula is C24H27N5. The smallest absolute Gasteiger partial charge is 0.128 e. The van der Waals surface area contributed by atoms with Crippen LogP contribution in [0.15, 0.2) is 83.8 Å². The molecule has 0 aliphatic carbocycles. The third-order valence-corrected chi connectivity index (χ3v) is 5.28. The van der Waals surface area contributed by atoms with Crippen molar-refractivity contribution in [3.63, 3.8) is 0 Å². The largest absolute Gasteiger partial charge is 0.370 e. The number of rotatable bonds is 5. The normalized spacial score (nSPS) is 15.2. The third-order valence-electron chi connectivity index (χ3n) is 5.28. The molecule has 1 aliphatic heterocycles. The molecule has 0 atom stereocenters. The lowest BCUT2D eigenvalue weighted by atomic mass is 10.2. The van der Waals surface area contributed by atoms with E-state index in [1.807, 2.05) is 42.9 Å². The Morgan fingerprint density at radius 3 is 2.62 bits per heavy atom. The molecule has 0 radical (unpaired) electrons. The van der Waals surface area contributed by atoms with Crippen LogP contribution in [0.25, 0.3) is 10.9 Å². The Morgan fingerprint density at radius 1 is 1.10 bits per heavy atom. The van der Waals surface area contributed by atoms with Gasteiger partial charge in [-0.05, 0) is 44.9 Å². The van der Waals surface area contributed by atoms with E-state index in [1.54, 1.807) is 0 Å². The number of benzene rings is 2. The molecule has 0 amide bonds. The molecule has 5 nitrogen and oxygen atoms in total. The summed E-state index contributed by atoms with van der Waals surface area (Å²) in [6.07, 6.45) is 6.33. The average molecular weight is 386 g/mol. The van der Waals surface area contributed by atoms with E-state index in [4.69, 9.17) is 4.99 Å². The van der Waals surface area contributed by atoms with Crippen molar-refractivity contribution in [2.24, 2.45) is 4.99 Å². The van der Waals surface area contributed by atoms with E-state index in [-0.39, 0.29) is 0 Å². The Hall–Kier alpha value is -3.34. The molecule has 0 saturated carbocycles. The zero-order valence-corrected chi connectivity index (χ0v) is 17.1. The van der Waals surface area contributed by atoms with Crippen molar-refractivity contribution in [3.8, 4) is 0 Å². The Bertz CT molecular complexity index is 1080. The van der Waals surface area contributed by atoms with E-state index in [9.17, 15) is 0 Å². The van der Waals surface area contributed by atoms with Crippen molar-refractivity contribution in [2.75, 3.05) is 23.3 Å². The summed E-state index contributed by atoms with van der Waals surface area (Å²) in [5, 5.41) is 9.08. The topological polar surface area (TPSA) is 45.5 Å². The van der Waals surface area contributed by atoms with Gasteiger partial charge in [0.05, 0.1) is 34.5 Å². The summed E-state index contributed by atoms with van der Waals surface area (Å²) < 4.78 is 1.87. The van der Waals surface area contributed by atoms with Gasteiger partial charge in [-0.25, -0.2) is 9.67 Å². The highest BCUT2D eigenvalue weighted by atomic mass is 15.3. The lowest BCUT2D eigenvalue weighted by Crippen LogP contribution is -2.19. The molecular weight excluding hydrogens is 358 g/mol. The van der Waals surface area contributed by atoms with E-state index in [0.29, 0.717) is 0 Å². The van der Waals surface area contributed by atoms with Gasteiger partial charge in [-0.2, -0.15) is 5.10 Å². The Kier molecular flexibility index (Phi) is 5.47. The van der Waals surface area contributed by atoms with Crippen LogP contribution in [0.3, 0.4) is 0 Å². The quantitative estimate of drug-likeness (QED) is 0.362. The van der Waals surface area contributed by atoms with Crippen LogP contribution in [0, 0.1) is 0 Å². The number of hydrogen-bond donors (Lipinski definition) is 1. The number of nitrogens with one attached hydrogen (secondary N) is 1. The van der Waals surface area contributed by atoms with Crippen LogP contribution in [0.4, 0.5) is 11.4 Å². The van der Waals surface area contributed by atoms with Crippen LogP contribution >= 0.6 is 0 Å². The SMILES string of the molecule is C=C(Nc1ccccc1N1CCCC1)/C(=C/C)N=C(C)n1ncc2ccccc21. The molecule has 1 saturated heterocycles. The molecule has 0 bridgehead atoms. The highest BCUT2D eigenvalue weighted by Gasteiger charge is 2.16. The predicted octanol–water partition coefficient (Wildman–Crippen LogP) is 5.43. The molecule has 4 rings (SSSR count). The van der Waals surface area contributed by atoms with Crippen LogP contribution in [0.5, 0.6) is 0 Å². The van der Waals surface area contributed by atoms with Crippen molar-refractivity contribution in [2.45, 2.75) is 26.7 Å². The number of fused-ring (bicyclic) bond motifs is 1. The van der Waals surface area contributed by atoms with Crippen molar-refractivity contribution in [1.82, 2.24) is 9.78 Å². The lowest BCUT2D eigenvalue weighted by Gasteiger charge is -2.22. The minimum Gasteiger partial charge on any atom is -0.370 e. The van der Waals surface area contributed by atoms with Gasteiger partial charge >= 0.3 is 0 Å². The van der Waals surface area contributed by atoms with Gasteiger partial charge < -0.3 is 10.2 Å². The van der Waals surface area contributed by atoms with E-state index in [0.717, 1.165) is 46.9 Å². The number of hydrogen-bond acceptors (Lipinski definition) is 4. The van der Waals surface area contributed by atoms with Gasteiger partial charge in [-0.15, -0.1) is 0 Å². The first-order chi connectivity index (χ1) is 14.2. The van der Waals surface area contributed by atoms with Gasteiger partial charge in [-0.1, -0.05) is 43.0 Å². The second-order valence-electron chi connectivity index (χ2n) is 7.26. The summed E-state index contributed by atoms with van der Waals surface area (Å²) in [6, 6.07) is 16.5. The van der Waals surface area contributed by atoms with Crippen LogP contribution in [0.1, 0.15) is 26.7 Å². The summed E-state index contributed by atoms with van der Waals surface area (Å²) >= 11 is 0. The van der Waals surface area contributed by atoms with Crippen molar-refractivity contribution in [3.05, 3.63) is 78.8 Å². The van der Waals surface area contributed by atoms with E-state index in [2.05, 4.69) is 58.3 Å². The zero-order valence-electron chi connectivity index (χ0n) is 17.1. The van der Waals surface area contributed by atoms with E-state index in [1.165, 1.54) is 18.5 Å². The Morgan fingerprint density at radius 2 is 1.83 bits per heavy atom. The van der Waals surface area contributed by atoms with E-state index >= 15 is 0 Å². The maximum absolute atomic E-state index is 4.81. The number of nitrogens with zero attached hydrogens (tertiary/aromatic N) is 4. The molecule has 29 heavy (non-hydrogen) atoms. The lowest BCUT2D eigenvalue weighted by molar-refractivity contribution is 0.949. The highest BCUT2D eigenvalue weighted by Crippen LogP contribution is 2.30. The van der Waals surface area contributed by atoms with Gasteiger partial charge in [0.1, 0.15) is 5.84 Å². The number of allylic oxidation sites excluding steroid dienone is 1. The maximum Gasteiger partial charge on any atom is 0.128 e. The molecule has 1 aromatic heterocycles. The van der Waals surface area contributed by atoms with Crippen molar-refractivity contribution < 1.29 is 0 Å². The summed E-state index contributed by atoms with van der Waals surface area (Å²) in [7, 11) is 0. The number of aliphatic imine (C=N–C) groups is 1. The molecule has 2 aromatic carbocycles.